The molecule has 1 amide bonds. The smallest absolute Gasteiger partial charge is 0.241 e. The minimum atomic E-state index is -0.124. The summed E-state index contributed by atoms with van der Waals surface area (Å²) in [6, 6.07) is 7.39. The van der Waals surface area contributed by atoms with E-state index in [0.717, 1.165) is 37.9 Å². The van der Waals surface area contributed by atoms with Gasteiger partial charge in [-0.3, -0.25) is 14.7 Å². The van der Waals surface area contributed by atoms with E-state index in [1.807, 2.05) is 18.3 Å². The fraction of sp³-hybridized carbons (Fsp3) is 0.389. The van der Waals surface area contributed by atoms with Gasteiger partial charge in [0.2, 0.25) is 11.8 Å². The number of nitrogens with zero attached hydrogens (tertiary/aromatic N) is 3. The van der Waals surface area contributed by atoms with Gasteiger partial charge in [-0.1, -0.05) is 12.5 Å². The highest BCUT2D eigenvalue weighted by molar-refractivity contribution is 5.94. The molecule has 2 aromatic heterocycles. The number of ether oxygens (including phenoxy) is 1. The molecule has 6 heteroatoms. The van der Waals surface area contributed by atoms with Crippen molar-refractivity contribution in [2.45, 2.75) is 31.8 Å². The predicted octanol–water partition coefficient (Wildman–Crippen LogP) is 2.48. The van der Waals surface area contributed by atoms with Crippen LogP contribution < -0.4 is 10.1 Å². The third-order valence-electron chi connectivity index (χ3n) is 4.24. The van der Waals surface area contributed by atoms with Crippen LogP contribution in [0.5, 0.6) is 5.88 Å². The number of pyridine rings is 2. The monoisotopic (exact) mass is 326 g/mol. The van der Waals surface area contributed by atoms with Gasteiger partial charge in [-0.25, -0.2) is 4.98 Å². The summed E-state index contributed by atoms with van der Waals surface area (Å²) in [5, 5.41) is 2.96. The van der Waals surface area contributed by atoms with Crippen molar-refractivity contribution < 1.29 is 9.53 Å². The second-order valence-electron chi connectivity index (χ2n) is 5.92. The predicted molar refractivity (Wildman–Crippen MR) is 91.7 cm³/mol. The molecule has 0 saturated carbocycles. The van der Waals surface area contributed by atoms with Crippen molar-refractivity contribution >= 4 is 11.6 Å². The number of amides is 1. The SMILES string of the molecule is COc1ccc(NC(=O)[C@@H]2CCCCN2Cc2cccnc2)cn1. The Morgan fingerprint density at radius 2 is 2.25 bits per heavy atom. The van der Waals surface area contributed by atoms with Gasteiger partial charge < -0.3 is 10.1 Å². The van der Waals surface area contributed by atoms with Crippen LogP contribution in [0.4, 0.5) is 5.69 Å². The maximum atomic E-state index is 12.7. The molecule has 1 N–H and O–H groups in total. The van der Waals surface area contributed by atoms with Crippen molar-refractivity contribution in [1.82, 2.24) is 14.9 Å². The van der Waals surface area contributed by atoms with E-state index in [-0.39, 0.29) is 11.9 Å². The highest BCUT2D eigenvalue weighted by atomic mass is 16.5. The third kappa shape index (κ3) is 4.08. The first-order valence-electron chi connectivity index (χ1n) is 8.20. The van der Waals surface area contributed by atoms with Gasteiger partial charge >= 0.3 is 0 Å². The first-order chi connectivity index (χ1) is 11.8. The van der Waals surface area contributed by atoms with Gasteiger partial charge in [0, 0.05) is 25.0 Å². The van der Waals surface area contributed by atoms with E-state index in [9.17, 15) is 4.79 Å². The summed E-state index contributed by atoms with van der Waals surface area (Å²) in [5.74, 6) is 0.550. The highest BCUT2D eigenvalue weighted by Crippen LogP contribution is 2.21. The zero-order valence-electron chi connectivity index (χ0n) is 13.8. The Morgan fingerprint density at radius 1 is 1.33 bits per heavy atom. The van der Waals surface area contributed by atoms with Crippen molar-refractivity contribution in [3.8, 4) is 5.88 Å². The molecule has 1 aliphatic rings. The molecule has 0 aliphatic carbocycles. The van der Waals surface area contributed by atoms with E-state index in [2.05, 4.69) is 20.2 Å². The maximum Gasteiger partial charge on any atom is 0.241 e. The minimum Gasteiger partial charge on any atom is -0.481 e. The second-order valence-corrected chi connectivity index (χ2v) is 5.92. The van der Waals surface area contributed by atoms with Crippen LogP contribution in [0.25, 0.3) is 0 Å². The minimum absolute atomic E-state index is 0.0190. The Balaban J connectivity index is 1.66. The molecule has 1 atom stereocenters. The van der Waals surface area contributed by atoms with Crippen molar-refractivity contribution in [3.63, 3.8) is 0 Å². The second kappa shape index (κ2) is 7.88. The summed E-state index contributed by atoms with van der Waals surface area (Å²) < 4.78 is 5.04. The fourth-order valence-corrected chi connectivity index (χ4v) is 3.00. The van der Waals surface area contributed by atoms with E-state index in [1.165, 1.54) is 0 Å². The summed E-state index contributed by atoms with van der Waals surface area (Å²) >= 11 is 0. The van der Waals surface area contributed by atoms with Crippen LogP contribution in [0.1, 0.15) is 24.8 Å². The number of carbonyl (C=O) groups is 1. The summed E-state index contributed by atoms with van der Waals surface area (Å²) in [6.45, 7) is 1.67. The van der Waals surface area contributed by atoms with Gasteiger partial charge in [0.05, 0.1) is 25.0 Å². The molecule has 1 saturated heterocycles. The Hall–Kier alpha value is -2.47. The molecule has 6 nitrogen and oxygen atoms in total. The van der Waals surface area contributed by atoms with Gasteiger partial charge in [0.15, 0.2) is 0 Å². The number of hydrogen-bond donors (Lipinski definition) is 1. The van der Waals surface area contributed by atoms with Crippen molar-refractivity contribution in [2.75, 3.05) is 19.0 Å². The lowest BCUT2D eigenvalue weighted by atomic mass is 10.0. The van der Waals surface area contributed by atoms with Crippen molar-refractivity contribution in [1.29, 1.82) is 0 Å². The number of hydrogen-bond acceptors (Lipinski definition) is 5. The number of methoxy groups -OCH3 is 1. The van der Waals surface area contributed by atoms with Gasteiger partial charge in [-0.2, -0.15) is 0 Å². The van der Waals surface area contributed by atoms with Crippen LogP contribution in [-0.4, -0.2) is 40.5 Å². The summed E-state index contributed by atoms with van der Waals surface area (Å²) in [4.78, 5) is 23.2. The van der Waals surface area contributed by atoms with Crippen LogP contribution >= 0.6 is 0 Å². The molecule has 3 heterocycles. The maximum absolute atomic E-state index is 12.7. The number of carbonyl (C=O) groups excluding carboxylic acids is 1. The Bertz CT molecular complexity index is 660. The zero-order chi connectivity index (χ0) is 16.8. The number of likely N-dealkylation sites (tertiary alicyclic amines) is 1. The molecule has 2 aromatic rings. The van der Waals surface area contributed by atoms with Crippen LogP contribution in [0.3, 0.4) is 0 Å². The van der Waals surface area contributed by atoms with Crippen LogP contribution in [0.15, 0.2) is 42.9 Å². The molecule has 0 bridgehead atoms. The molecule has 1 aliphatic heterocycles. The van der Waals surface area contributed by atoms with Gasteiger partial charge in [-0.15, -0.1) is 0 Å². The van der Waals surface area contributed by atoms with Crippen molar-refractivity contribution in [3.05, 3.63) is 48.4 Å². The Morgan fingerprint density at radius 3 is 2.96 bits per heavy atom. The average Bonchev–Trinajstić information content (AvgIpc) is 2.63. The van der Waals surface area contributed by atoms with Gasteiger partial charge in [-0.05, 0) is 37.1 Å². The van der Waals surface area contributed by atoms with Crippen LogP contribution in [-0.2, 0) is 11.3 Å². The standard InChI is InChI=1S/C18H22N4O2/c1-24-17-8-7-15(12-20-17)21-18(23)16-6-2-3-10-22(16)13-14-5-4-9-19-11-14/h4-5,7-9,11-12,16H,2-3,6,10,13H2,1H3,(H,21,23)/t16-/m0/s1. The number of aromatic nitrogens is 2. The van der Waals surface area contributed by atoms with E-state index >= 15 is 0 Å². The van der Waals surface area contributed by atoms with E-state index in [4.69, 9.17) is 4.74 Å². The lowest BCUT2D eigenvalue weighted by molar-refractivity contribution is -0.122. The topological polar surface area (TPSA) is 67.3 Å². The normalized spacial score (nSPS) is 18.1. The highest BCUT2D eigenvalue weighted by Gasteiger charge is 2.28. The molecule has 3 rings (SSSR count). The van der Waals surface area contributed by atoms with E-state index in [1.54, 1.807) is 31.6 Å². The van der Waals surface area contributed by atoms with Crippen molar-refractivity contribution in [2.24, 2.45) is 0 Å². The Labute approximate surface area is 141 Å². The number of rotatable bonds is 5. The molecular formula is C18H22N4O2. The zero-order valence-corrected chi connectivity index (χ0v) is 13.8. The molecule has 1 fully saturated rings. The third-order valence-corrected chi connectivity index (χ3v) is 4.24. The van der Waals surface area contributed by atoms with Gasteiger partial charge in [0.25, 0.3) is 0 Å². The van der Waals surface area contributed by atoms with Gasteiger partial charge in [0.1, 0.15) is 0 Å². The summed E-state index contributed by atoms with van der Waals surface area (Å²) in [7, 11) is 1.57. The van der Waals surface area contributed by atoms with Crippen LogP contribution in [0, 0.1) is 0 Å². The molecule has 24 heavy (non-hydrogen) atoms. The lowest BCUT2D eigenvalue weighted by Crippen LogP contribution is -2.46. The molecule has 0 radical (unpaired) electrons. The first kappa shape index (κ1) is 16.4. The Kier molecular flexibility index (Phi) is 5.38. The lowest BCUT2D eigenvalue weighted by Gasteiger charge is -2.34. The molecule has 126 valence electrons. The quantitative estimate of drug-likeness (QED) is 0.914. The largest absolute Gasteiger partial charge is 0.481 e. The summed E-state index contributed by atoms with van der Waals surface area (Å²) in [5.41, 5.74) is 1.82. The molecule has 0 spiro atoms. The average molecular weight is 326 g/mol. The fourth-order valence-electron chi connectivity index (χ4n) is 3.00. The van der Waals surface area contributed by atoms with Crippen LogP contribution in [0.2, 0.25) is 0 Å². The number of anilines is 1. The number of nitrogens with one attached hydrogen (secondary N) is 1. The number of piperidine rings is 1. The molecular weight excluding hydrogens is 304 g/mol. The van der Waals surface area contributed by atoms with E-state index < -0.39 is 0 Å². The van der Waals surface area contributed by atoms with E-state index in [0.29, 0.717) is 11.6 Å². The summed E-state index contributed by atoms with van der Waals surface area (Å²) in [6.07, 6.45) is 8.30. The first-order valence-corrected chi connectivity index (χ1v) is 8.20. The molecule has 0 aromatic carbocycles. The molecule has 0 unspecified atom stereocenters.